The van der Waals surface area contributed by atoms with E-state index in [0.717, 1.165) is 28.7 Å². The van der Waals surface area contributed by atoms with E-state index in [4.69, 9.17) is 0 Å². The molecule has 2 N–H and O–H groups in total. The van der Waals surface area contributed by atoms with E-state index in [0.29, 0.717) is 29.2 Å². The number of benzene rings is 1. The molecule has 34 heavy (non-hydrogen) atoms. The predicted molar refractivity (Wildman–Crippen MR) is 122 cm³/mol. The average Bonchev–Trinajstić information content (AvgIpc) is 2.85. The van der Waals surface area contributed by atoms with Crippen LogP contribution in [0.5, 0.6) is 0 Å². The number of anilines is 1. The Hall–Kier alpha value is -4.08. The minimum absolute atomic E-state index is 0.00712. The van der Waals surface area contributed by atoms with Gasteiger partial charge >= 0.3 is 6.18 Å². The highest BCUT2D eigenvalue weighted by atomic mass is 19.4. The highest BCUT2D eigenvalue weighted by Gasteiger charge is 2.32. The van der Waals surface area contributed by atoms with Crippen LogP contribution in [0.25, 0.3) is 22.2 Å². The molecule has 3 aromatic heterocycles. The molecule has 4 rings (SSSR count). The third kappa shape index (κ3) is 4.80. The molecule has 0 saturated carbocycles. The zero-order valence-corrected chi connectivity index (χ0v) is 18.4. The summed E-state index contributed by atoms with van der Waals surface area (Å²) in [6.45, 7) is 2.49. The Balaban J connectivity index is 1.55. The van der Waals surface area contributed by atoms with Crippen LogP contribution in [-0.2, 0) is 6.18 Å². The van der Waals surface area contributed by atoms with Crippen molar-refractivity contribution >= 4 is 22.6 Å². The van der Waals surface area contributed by atoms with Gasteiger partial charge in [0, 0.05) is 48.9 Å². The van der Waals surface area contributed by atoms with Gasteiger partial charge in [-0.15, -0.1) is 0 Å². The molecule has 0 radical (unpaired) electrons. The molecule has 0 aliphatic carbocycles. The summed E-state index contributed by atoms with van der Waals surface area (Å²) in [6, 6.07) is 11.4. The summed E-state index contributed by atoms with van der Waals surface area (Å²) < 4.78 is 39.0. The summed E-state index contributed by atoms with van der Waals surface area (Å²) in [5.41, 5.74) is 1.89. The van der Waals surface area contributed by atoms with Crippen LogP contribution in [-0.4, -0.2) is 39.4 Å². The smallest absolute Gasteiger partial charge is 0.369 e. The molecule has 1 aromatic carbocycles. The molecule has 1 amide bonds. The number of fused-ring (bicyclic) bond motifs is 1. The lowest BCUT2D eigenvalue weighted by Gasteiger charge is -2.16. The van der Waals surface area contributed by atoms with Crippen LogP contribution in [0.3, 0.4) is 0 Å². The lowest BCUT2D eigenvalue weighted by molar-refractivity contribution is -0.141. The molecular formula is C24H21F3N6O. The molecule has 10 heteroatoms. The summed E-state index contributed by atoms with van der Waals surface area (Å²) >= 11 is 0. The summed E-state index contributed by atoms with van der Waals surface area (Å²) in [5, 5.41) is 6.61. The van der Waals surface area contributed by atoms with E-state index in [1.165, 1.54) is 12.4 Å². The van der Waals surface area contributed by atoms with Crippen molar-refractivity contribution in [2.45, 2.75) is 19.0 Å². The van der Waals surface area contributed by atoms with Crippen molar-refractivity contribution in [2.24, 2.45) is 0 Å². The second-order valence-electron chi connectivity index (χ2n) is 7.68. The van der Waals surface area contributed by atoms with Crippen molar-refractivity contribution in [1.29, 1.82) is 0 Å². The van der Waals surface area contributed by atoms with E-state index in [2.05, 4.69) is 30.6 Å². The molecule has 7 nitrogen and oxygen atoms in total. The number of nitrogens with one attached hydrogen (secondary N) is 2. The van der Waals surface area contributed by atoms with Gasteiger partial charge in [-0.1, -0.05) is 25.1 Å². The van der Waals surface area contributed by atoms with Crippen LogP contribution < -0.4 is 10.6 Å². The van der Waals surface area contributed by atoms with Gasteiger partial charge in [-0.2, -0.15) is 13.2 Å². The summed E-state index contributed by atoms with van der Waals surface area (Å²) in [4.78, 5) is 28.4. The normalized spacial score (nSPS) is 12.4. The van der Waals surface area contributed by atoms with Crippen LogP contribution in [0.4, 0.5) is 19.0 Å². The van der Waals surface area contributed by atoms with Gasteiger partial charge in [0.15, 0.2) is 0 Å². The fraction of sp³-hybridized carbons (Fsp3) is 0.208. The number of hydrogen-bond donors (Lipinski definition) is 2. The van der Waals surface area contributed by atoms with Crippen molar-refractivity contribution in [1.82, 2.24) is 25.3 Å². The molecule has 0 saturated heterocycles. The van der Waals surface area contributed by atoms with Gasteiger partial charge in [0.05, 0.1) is 16.8 Å². The number of halogens is 3. The Morgan fingerprint density at radius 2 is 1.82 bits per heavy atom. The topological polar surface area (TPSA) is 92.7 Å². The van der Waals surface area contributed by atoms with Gasteiger partial charge in [-0.25, -0.2) is 9.97 Å². The Labute approximate surface area is 193 Å². The van der Waals surface area contributed by atoms with E-state index in [1.807, 2.05) is 25.1 Å². The quantitative estimate of drug-likeness (QED) is 0.429. The zero-order valence-electron chi connectivity index (χ0n) is 18.4. The second kappa shape index (κ2) is 9.42. The fourth-order valence-corrected chi connectivity index (χ4v) is 3.65. The van der Waals surface area contributed by atoms with E-state index >= 15 is 0 Å². The van der Waals surface area contributed by atoms with Gasteiger partial charge in [0.1, 0.15) is 17.8 Å². The maximum absolute atomic E-state index is 13.0. The second-order valence-corrected chi connectivity index (χ2v) is 7.68. The average molecular weight is 466 g/mol. The van der Waals surface area contributed by atoms with E-state index in [1.54, 1.807) is 25.4 Å². The van der Waals surface area contributed by atoms with Gasteiger partial charge in [0.25, 0.3) is 5.91 Å². The van der Waals surface area contributed by atoms with Gasteiger partial charge in [0.2, 0.25) is 0 Å². The number of rotatable bonds is 6. The number of hydrogen-bond acceptors (Lipinski definition) is 6. The molecule has 3 heterocycles. The number of carbonyl (C=O) groups excluding carboxylic acids is 1. The van der Waals surface area contributed by atoms with Crippen molar-refractivity contribution < 1.29 is 18.0 Å². The lowest BCUT2D eigenvalue weighted by Crippen LogP contribution is -2.18. The lowest BCUT2D eigenvalue weighted by atomic mass is 9.96. The largest absolute Gasteiger partial charge is 0.433 e. The van der Waals surface area contributed by atoms with Crippen molar-refractivity contribution in [3.8, 4) is 11.3 Å². The number of nitrogens with zero attached hydrogens (tertiary/aromatic N) is 4. The predicted octanol–water partition coefficient (Wildman–Crippen LogP) is 4.68. The molecule has 0 unspecified atom stereocenters. The first-order chi connectivity index (χ1) is 16.3. The number of alkyl halides is 3. The first kappa shape index (κ1) is 23.1. The molecule has 4 aromatic rings. The molecule has 0 aliphatic rings. The highest BCUT2D eigenvalue weighted by molar-refractivity contribution is 6.06. The molecule has 0 aliphatic heterocycles. The number of carbonyl (C=O) groups is 1. The van der Waals surface area contributed by atoms with Gasteiger partial charge in [-0.05, 0) is 23.8 Å². The van der Waals surface area contributed by atoms with E-state index < -0.39 is 11.9 Å². The molecule has 1 atom stereocenters. The van der Waals surface area contributed by atoms with E-state index in [-0.39, 0.29) is 11.8 Å². The number of aromatic nitrogens is 4. The summed E-state index contributed by atoms with van der Waals surface area (Å²) in [6.07, 6.45) is -0.526. The Bertz CT molecular complexity index is 1340. The van der Waals surface area contributed by atoms with Crippen LogP contribution >= 0.6 is 0 Å². The number of pyridine rings is 2. The summed E-state index contributed by atoms with van der Waals surface area (Å²) in [5.74, 6) is 0.280. The third-order valence-corrected chi connectivity index (χ3v) is 5.41. The van der Waals surface area contributed by atoms with Crippen molar-refractivity contribution in [3.05, 3.63) is 78.0 Å². The molecular weight excluding hydrogens is 445 g/mol. The molecule has 0 fully saturated rings. The minimum Gasteiger partial charge on any atom is -0.369 e. The highest BCUT2D eigenvalue weighted by Crippen LogP contribution is 2.30. The first-order valence-electron chi connectivity index (χ1n) is 10.5. The monoisotopic (exact) mass is 466 g/mol. The SMILES string of the molecule is CNC(=O)c1ccnc2c([C@H](C)CNc3cc(-c4ccnc(C(F)(F)F)c4)ncn3)cccc12. The minimum atomic E-state index is -4.54. The zero-order chi connectivity index (χ0) is 24.3. The molecule has 174 valence electrons. The number of para-hydroxylation sites is 1. The molecule has 0 spiro atoms. The van der Waals surface area contributed by atoms with Gasteiger partial charge in [-0.3, -0.25) is 14.8 Å². The third-order valence-electron chi connectivity index (χ3n) is 5.41. The first-order valence-corrected chi connectivity index (χ1v) is 10.5. The Morgan fingerprint density at radius 3 is 2.59 bits per heavy atom. The maximum atomic E-state index is 13.0. The Kier molecular flexibility index (Phi) is 6.40. The fourth-order valence-electron chi connectivity index (χ4n) is 3.65. The number of amides is 1. The van der Waals surface area contributed by atoms with Crippen molar-refractivity contribution in [2.75, 3.05) is 18.9 Å². The summed E-state index contributed by atoms with van der Waals surface area (Å²) in [7, 11) is 1.58. The van der Waals surface area contributed by atoms with Crippen LogP contribution in [0.1, 0.15) is 34.5 Å². The molecule has 0 bridgehead atoms. The van der Waals surface area contributed by atoms with Crippen LogP contribution in [0.2, 0.25) is 0 Å². The van der Waals surface area contributed by atoms with Crippen LogP contribution in [0.15, 0.2) is 61.2 Å². The standard InChI is InChI=1S/C24H21F3N6O/c1-14(16-4-3-5-17-18(23(34)28-2)7-9-30-22(16)17)12-31-21-11-19(32-13-33-21)15-6-8-29-20(10-15)24(25,26)27/h3-11,13-14H,12H2,1-2H3,(H,28,34)(H,31,32,33)/t14-/m1/s1. The van der Waals surface area contributed by atoms with Crippen LogP contribution in [0, 0.1) is 0 Å². The Morgan fingerprint density at radius 1 is 1.03 bits per heavy atom. The maximum Gasteiger partial charge on any atom is 0.433 e. The van der Waals surface area contributed by atoms with E-state index in [9.17, 15) is 18.0 Å². The van der Waals surface area contributed by atoms with Crippen molar-refractivity contribution in [3.63, 3.8) is 0 Å². The van der Waals surface area contributed by atoms with Gasteiger partial charge < -0.3 is 10.6 Å².